The molecule has 0 unspecified atom stereocenters. The number of hydrogen-bond donors (Lipinski definition) is 2. The van der Waals surface area contributed by atoms with Crippen LogP contribution < -0.4 is 10.1 Å². The second-order valence-corrected chi connectivity index (χ2v) is 6.96. The quantitative estimate of drug-likeness (QED) is 0.322. The summed E-state index contributed by atoms with van der Waals surface area (Å²) in [6.07, 6.45) is 10.7. The number of hydrogen-bond acceptors (Lipinski definition) is 4. The van der Waals surface area contributed by atoms with Crippen LogP contribution in [0, 0.1) is 0 Å². The third kappa shape index (κ3) is 10.1. The maximum atomic E-state index is 12.2. The molecule has 1 aromatic rings. The van der Waals surface area contributed by atoms with Crippen molar-refractivity contribution in [2.75, 3.05) is 6.61 Å². The van der Waals surface area contributed by atoms with E-state index >= 15 is 0 Å². The van der Waals surface area contributed by atoms with Gasteiger partial charge in [-0.25, -0.2) is 4.79 Å². The van der Waals surface area contributed by atoms with Crippen LogP contribution in [0.5, 0.6) is 5.75 Å². The lowest BCUT2D eigenvalue weighted by Gasteiger charge is -2.13. The third-order valence-electron chi connectivity index (χ3n) is 4.56. The Hall–Kier alpha value is -2.37. The first-order valence-electron chi connectivity index (χ1n) is 10.3. The molecular formula is C22H33NO5. The van der Waals surface area contributed by atoms with Crippen LogP contribution in [0.4, 0.5) is 0 Å². The summed E-state index contributed by atoms with van der Waals surface area (Å²) >= 11 is 0. The fourth-order valence-electron chi connectivity index (χ4n) is 2.86. The highest BCUT2D eigenvalue weighted by Crippen LogP contribution is 2.14. The Balaban J connectivity index is 2.29. The summed E-state index contributed by atoms with van der Waals surface area (Å²) in [4.78, 5) is 33.7. The molecule has 0 saturated heterocycles. The van der Waals surface area contributed by atoms with Crippen molar-refractivity contribution in [3.05, 3.63) is 29.8 Å². The Morgan fingerprint density at radius 2 is 1.64 bits per heavy atom. The number of carboxylic acids is 1. The van der Waals surface area contributed by atoms with Crippen LogP contribution in [0.1, 0.15) is 81.5 Å². The van der Waals surface area contributed by atoms with E-state index in [1.54, 1.807) is 24.3 Å². The van der Waals surface area contributed by atoms with Crippen molar-refractivity contribution in [3.8, 4) is 5.75 Å². The summed E-state index contributed by atoms with van der Waals surface area (Å²) in [5, 5.41) is 11.5. The number of ether oxygens (including phenoxy) is 1. The monoisotopic (exact) mass is 391 g/mol. The standard InChI is InChI=1S/C22H33NO5/c1-2-3-4-5-6-7-8-9-17-28-19-14-12-18(13-15-19)21(25)23-20(22(26)27)11-10-16-24/h12-16,20H,2-11,17H2,1H3,(H,23,25)(H,26,27)/t20-/m0/s1. The van der Waals surface area contributed by atoms with E-state index in [9.17, 15) is 14.4 Å². The van der Waals surface area contributed by atoms with Crippen LogP contribution in [0.3, 0.4) is 0 Å². The molecule has 2 N–H and O–H groups in total. The van der Waals surface area contributed by atoms with Gasteiger partial charge < -0.3 is 20.0 Å². The number of rotatable bonds is 16. The van der Waals surface area contributed by atoms with Crippen LogP contribution in [-0.4, -0.2) is 35.9 Å². The zero-order valence-electron chi connectivity index (χ0n) is 16.8. The van der Waals surface area contributed by atoms with Gasteiger partial charge in [-0.1, -0.05) is 51.9 Å². The van der Waals surface area contributed by atoms with Crippen molar-refractivity contribution in [2.45, 2.75) is 77.2 Å². The third-order valence-corrected chi connectivity index (χ3v) is 4.56. The first kappa shape index (κ1) is 23.7. The van der Waals surface area contributed by atoms with Crippen LogP contribution in [0.2, 0.25) is 0 Å². The minimum atomic E-state index is -1.15. The molecule has 6 heteroatoms. The van der Waals surface area contributed by atoms with Gasteiger partial charge in [0.25, 0.3) is 5.91 Å². The highest BCUT2D eigenvalue weighted by atomic mass is 16.5. The second kappa shape index (κ2) is 14.7. The molecule has 0 aliphatic heterocycles. The van der Waals surface area contributed by atoms with E-state index < -0.39 is 17.9 Å². The molecule has 1 rings (SSSR count). The normalized spacial score (nSPS) is 11.6. The van der Waals surface area contributed by atoms with E-state index in [4.69, 9.17) is 9.84 Å². The minimum absolute atomic E-state index is 0.0738. The fourth-order valence-corrected chi connectivity index (χ4v) is 2.86. The maximum Gasteiger partial charge on any atom is 0.326 e. The number of carbonyl (C=O) groups excluding carboxylic acids is 2. The number of unbranched alkanes of at least 4 members (excludes halogenated alkanes) is 7. The van der Waals surface area contributed by atoms with Crippen molar-refractivity contribution in [2.24, 2.45) is 0 Å². The molecule has 1 aromatic carbocycles. The summed E-state index contributed by atoms with van der Waals surface area (Å²) in [5.74, 6) is -0.941. The molecule has 0 aliphatic carbocycles. The predicted octanol–water partition coefficient (Wildman–Crippen LogP) is 4.37. The zero-order chi connectivity index (χ0) is 20.6. The Kier molecular flexibility index (Phi) is 12.4. The van der Waals surface area contributed by atoms with Crippen molar-refractivity contribution in [1.29, 1.82) is 0 Å². The first-order valence-corrected chi connectivity index (χ1v) is 10.3. The molecule has 28 heavy (non-hydrogen) atoms. The number of carbonyl (C=O) groups is 3. The Morgan fingerprint density at radius 3 is 2.21 bits per heavy atom. The lowest BCUT2D eigenvalue weighted by Crippen LogP contribution is -2.40. The van der Waals surface area contributed by atoms with Crippen molar-refractivity contribution in [1.82, 2.24) is 5.32 Å². The SMILES string of the molecule is CCCCCCCCCCOc1ccc(C(=O)N[C@@H](CCC=O)C(=O)O)cc1. The van der Waals surface area contributed by atoms with Gasteiger partial charge in [-0.05, 0) is 37.1 Å². The van der Waals surface area contributed by atoms with Gasteiger partial charge in [0.2, 0.25) is 0 Å². The fraction of sp³-hybridized carbons (Fsp3) is 0.591. The lowest BCUT2D eigenvalue weighted by molar-refractivity contribution is -0.139. The molecule has 0 spiro atoms. The molecule has 0 saturated carbocycles. The van der Waals surface area contributed by atoms with E-state index in [0.717, 1.165) is 12.8 Å². The molecule has 1 amide bonds. The number of aliphatic carboxylic acids is 1. The number of carboxylic acid groups (broad SMARTS) is 1. The van der Waals surface area contributed by atoms with Crippen LogP contribution in [0.15, 0.2) is 24.3 Å². The van der Waals surface area contributed by atoms with E-state index in [0.29, 0.717) is 24.2 Å². The number of amides is 1. The van der Waals surface area contributed by atoms with Gasteiger partial charge in [0.05, 0.1) is 6.61 Å². The summed E-state index contributed by atoms with van der Waals surface area (Å²) in [6.45, 7) is 2.87. The maximum absolute atomic E-state index is 12.2. The summed E-state index contributed by atoms with van der Waals surface area (Å²) in [7, 11) is 0. The number of benzene rings is 1. The van der Waals surface area contributed by atoms with E-state index in [1.807, 2.05) is 0 Å². The van der Waals surface area contributed by atoms with Gasteiger partial charge in [-0.3, -0.25) is 4.79 Å². The number of aldehydes is 1. The molecule has 0 aliphatic rings. The molecule has 156 valence electrons. The van der Waals surface area contributed by atoms with Crippen LogP contribution >= 0.6 is 0 Å². The highest BCUT2D eigenvalue weighted by Gasteiger charge is 2.20. The predicted molar refractivity (Wildman–Crippen MR) is 109 cm³/mol. The van der Waals surface area contributed by atoms with E-state index in [-0.39, 0.29) is 12.8 Å². The van der Waals surface area contributed by atoms with Gasteiger partial charge in [0.15, 0.2) is 0 Å². The summed E-state index contributed by atoms with van der Waals surface area (Å²) in [5.41, 5.74) is 0.358. The van der Waals surface area contributed by atoms with Gasteiger partial charge in [-0.15, -0.1) is 0 Å². The average Bonchev–Trinajstić information content (AvgIpc) is 2.70. The minimum Gasteiger partial charge on any atom is -0.494 e. The van der Waals surface area contributed by atoms with Gasteiger partial charge in [0, 0.05) is 12.0 Å². The second-order valence-electron chi connectivity index (χ2n) is 6.96. The highest BCUT2D eigenvalue weighted by molar-refractivity contribution is 5.96. The molecule has 0 bridgehead atoms. The van der Waals surface area contributed by atoms with Crippen LogP contribution in [0.25, 0.3) is 0 Å². The molecule has 0 radical (unpaired) electrons. The van der Waals surface area contributed by atoms with Crippen molar-refractivity contribution < 1.29 is 24.2 Å². The Bertz CT molecular complexity index is 585. The van der Waals surface area contributed by atoms with Gasteiger partial charge in [0.1, 0.15) is 18.1 Å². The topological polar surface area (TPSA) is 92.7 Å². The molecule has 0 aromatic heterocycles. The largest absolute Gasteiger partial charge is 0.494 e. The molecule has 1 atom stereocenters. The molecule has 0 heterocycles. The Morgan fingerprint density at radius 1 is 1.04 bits per heavy atom. The Labute approximate surface area is 167 Å². The zero-order valence-corrected chi connectivity index (χ0v) is 16.8. The first-order chi connectivity index (χ1) is 13.6. The molecule has 0 fully saturated rings. The smallest absolute Gasteiger partial charge is 0.326 e. The van der Waals surface area contributed by atoms with Crippen molar-refractivity contribution >= 4 is 18.2 Å². The van der Waals surface area contributed by atoms with Gasteiger partial charge in [-0.2, -0.15) is 0 Å². The average molecular weight is 392 g/mol. The summed E-state index contributed by atoms with van der Waals surface area (Å²) in [6, 6.07) is 5.56. The molecule has 6 nitrogen and oxygen atoms in total. The lowest BCUT2D eigenvalue weighted by atomic mass is 10.1. The van der Waals surface area contributed by atoms with Crippen molar-refractivity contribution in [3.63, 3.8) is 0 Å². The van der Waals surface area contributed by atoms with E-state index in [1.165, 1.54) is 38.5 Å². The van der Waals surface area contributed by atoms with Crippen LogP contribution in [-0.2, 0) is 9.59 Å². The van der Waals surface area contributed by atoms with Gasteiger partial charge >= 0.3 is 5.97 Å². The summed E-state index contributed by atoms with van der Waals surface area (Å²) < 4.78 is 5.69. The van der Waals surface area contributed by atoms with E-state index in [2.05, 4.69) is 12.2 Å². The number of nitrogens with one attached hydrogen (secondary N) is 1. The molecular weight excluding hydrogens is 358 g/mol.